The van der Waals surface area contributed by atoms with E-state index in [0.29, 0.717) is 5.56 Å². The van der Waals surface area contributed by atoms with Crippen molar-refractivity contribution in [2.75, 3.05) is 13.1 Å². The van der Waals surface area contributed by atoms with Crippen LogP contribution in [-0.2, 0) is 0 Å². The van der Waals surface area contributed by atoms with Gasteiger partial charge in [-0.25, -0.2) is 4.68 Å². The van der Waals surface area contributed by atoms with Crippen LogP contribution in [0.1, 0.15) is 23.2 Å². The maximum absolute atomic E-state index is 12.2. The van der Waals surface area contributed by atoms with E-state index in [2.05, 4.69) is 31.7 Å². The van der Waals surface area contributed by atoms with Crippen molar-refractivity contribution in [1.82, 2.24) is 20.4 Å². The summed E-state index contributed by atoms with van der Waals surface area (Å²) in [7, 11) is 0. The smallest absolute Gasteiger partial charge is 0.254 e. The van der Waals surface area contributed by atoms with Crippen LogP contribution in [0.4, 0.5) is 0 Å². The Balaban J connectivity index is 0.00000176. The zero-order valence-corrected chi connectivity index (χ0v) is 14.4. The maximum atomic E-state index is 12.2. The molecule has 3 rings (SSSR count). The standard InChI is InChI=1S/C15H17BrN4O.ClH/c16-12-1-3-14(4-2-12)20-10-11(9-18-20)15(21)19-13-5-7-17-8-6-13;/h1-4,9-10,13,17H,5-8H2,(H,19,21);1H. The van der Waals surface area contributed by atoms with Gasteiger partial charge in [-0.2, -0.15) is 5.10 Å². The highest BCUT2D eigenvalue weighted by Crippen LogP contribution is 2.14. The number of hydrogen-bond donors (Lipinski definition) is 2. The van der Waals surface area contributed by atoms with Crippen LogP contribution in [0.15, 0.2) is 41.1 Å². The molecule has 118 valence electrons. The first kappa shape index (κ1) is 17.0. The van der Waals surface area contributed by atoms with Gasteiger partial charge in [-0.15, -0.1) is 12.4 Å². The molecule has 2 heterocycles. The van der Waals surface area contributed by atoms with Gasteiger partial charge in [0.15, 0.2) is 0 Å². The highest BCUT2D eigenvalue weighted by atomic mass is 79.9. The predicted molar refractivity (Wildman–Crippen MR) is 91.9 cm³/mol. The summed E-state index contributed by atoms with van der Waals surface area (Å²) < 4.78 is 2.73. The second kappa shape index (κ2) is 7.76. The first-order chi connectivity index (χ1) is 10.2. The van der Waals surface area contributed by atoms with Gasteiger partial charge in [0.1, 0.15) is 0 Å². The summed E-state index contributed by atoms with van der Waals surface area (Å²) >= 11 is 3.40. The fourth-order valence-corrected chi connectivity index (χ4v) is 2.67. The topological polar surface area (TPSA) is 59.0 Å². The minimum absolute atomic E-state index is 0. The average molecular weight is 386 g/mol. The number of benzene rings is 1. The van der Waals surface area contributed by atoms with Gasteiger partial charge >= 0.3 is 0 Å². The Kier molecular flexibility index (Phi) is 5.99. The van der Waals surface area contributed by atoms with Gasteiger partial charge in [0.05, 0.1) is 17.4 Å². The van der Waals surface area contributed by atoms with E-state index in [-0.39, 0.29) is 24.4 Å². The van der Waals surface area contributed by atoms with E-state index in [4.69, 9.17) is 0 Å². The molecule has 0 unspecified atom stereocenters. The molecule has 0 aliphatic carbocycles. The number of halogens is 2. The van der Waals surface area contributed by atoms with E-state index in [1.54, 1.807) is 17.1 Å². The molecule has 0 radical (unpaired) electrons. The van der Waals surface area contributed by atoms with E-state index in [9.17, 15) is 4.79 Å². The number of nitrogens with one attached hydrogen (secondary N) is 2. The van der Waals surface area contributed by atoms with Gasteiger partial charge in [-0.3, -0.25) is 4.79 Å². The normalized spacial score (nSPS) is 15.1. The molecule has 5 nitrogen and oxygen atoms in total. The quantitative estimate of drug-likeness (QED) is 0.853. The van der Waals surface area contributed by atoms with Crippen LogP contribution >= 0.6 is 28.3 Å². The molecular weight excluding hydrogens is 368 g/mol. The Hall–Kier alpha value is -1.37. The summed E-state index contributed by atoms with van der Waals surface area (Å²) in [6.45, 7) is 1.92. The molecule has 1 aliphatic rings. The minimum Gasteiger partial charge on any atom is -0.349 e. The summed E-state index contributed by atoms with van der Waals surface area (Å²) in [5.41, 5.74) is 1.52. The van der Waals surface area contributed by atoms with Gasteiger partial charge in [0.25, 0.3) is 5.91 Å². The molecule has 2 N–H and O–H groups in total. The Morgan fingerprint density at radius 3 is 2.64 bits per heavy atom. The molecule has 0 spiro atoms. The van der Waals surface area contributed by atoms with Gasteiger partial charge in [0.2, 0.25) is 0 Å². The number of amides is 1. The molecule has 0 saturated carbocycles. The summed E-state index contributed by atoms with van der Waals surface area (Å²) in [6.07, 6.45) is 5.33. The highest BCUT2D eigenvalue weighted by Gasteiger charge is 2.17. The molecule has 1 fully saturated rings. The third-order valence-corrected chi connectivity index (χ3v) is 4.14. The van der Waals surface area contributed by atoms with E-state index in [1.807, 2.05) is 24.3 Å². The number of rotatable bonds is 3. The van der Waals surface area contributed by atoms with Gasteiger partial charge in [-0.05, 0) is 50.2 Å². The second-order valence-electron chi connectivity index (χ2n) is 5.15. The van der Waals surface area contributed by atoms with Crippen LogP contribution in [0, 0.1) is 0 Å². The molecule has 0 atom stereocenters. The molecule has 1 aromatic heterocycles. The summed E-state index contributed by atoms with van der Waals surface area (Å²) in [4.78, 5) is 12.2. The first-order valence-corrected chi connectivity index (χ1v) is 7.84. The lowest BCUT2D eigenvalue weighted by molar-refractivity contribution is 0.0929. The lowest BCUT2D eigenvalue weighted by Crippen LogP contribution is -2.42. The van der Waals surface area contributed by atoms with Gasteiger partial charge in [-0.1, -0.05) is 15.9 Å². The van der Waals surface area contributed by atoms with E-state index >= 15 is 0 Å². The molecule has 2 aromatic rings. The molecule has 22 heavy (non-hydrogen) atoms. The largest absolute Gasteiger partial charge is 0.349 e. The van der Waals surface area contributed by atoms with Crippen molar-refractivity contribution in [1.29, 1.82) is 0 Å². The highest BCUT2D eigenvalue weighted by molar-refractivity contribution is 9.10. The number of nitrogens with zero attached hydrogens (tertiary/aromatic N) is 2. The number of carbonyl (C=O) groups is 1. The van der Waals surface area contributed by atoms with Gasteiger partial charge < -0.3 is 10.6 Å². The lowest BCUT2D eigenvalue weighted by atomic mass is 10.1. The SMILES string of the molecule is Cl.O=C(NC1CCNCC1)c1cnn(-c2ccc(Br)cc2)c1. The van der Waals surface area contributed by atoms with E-state index in [0.717, 1.165) is 36.1 Å². The van der Waals surface area contributed by atoms with Crippen LogP contribution in [-0.4, -0.2) is 34.8 Å². The Morgan fingerprint density at radius 2 is 1.95 bits per heavy atom. The number of hydrogen-bond acceptors (Lipinski definition) is 3. The van der Waals surface area contributed by atoms with Crippen molar-refractivity contribution in [3.05, 3.63) is 46.7 Å². The van der Waals surface area contributed by atoms with Crippen molar-refractivity contribution in [3.8, 4) is 5.69 Å². The molecular formula is C15H18BrClN4O. The average Bonchev–Trinajstić information content (AvgIpc) is 2.99. The molecule has 1 aliphatic heterocycles. The molecule has 0 bridgehead atoms. The zero-order chi connectivity index (χ0) is 14.7. The third kappa shape index (κ3) is 4.09. The summed E-state index contributed by atoms with van der Waals surface area (Å²) in [5.74, 6) is -0.0507. The van der Waals surface area contributed by atoms with Crippen LogP contribution in [0.2, 0.25) is 0 Å². The Labute approximate surface area is 144 Å². The van der Waals surface area contributed by atoms with Crippen LogP contribution < -0.4 is 10.6 Å². The van der Waals surface area contributed by atoms with Crippen molar-refractivity contribution in [2.24, 2.45) is 0 Å². The number of piperidine rings is 1. The zero-order valence-electron chi connectivity index (χ0n) is 12.0. The van der Waals surface area contributed by atoms with Crippen molar-refractivity contribution in [3.63, 3.8) is 0 Å². The van der Waals surface area contributed by atoms with Crippen LogP contribution in [0.25, 0.3) is 5.69 Å². The fraction of sp³-hybridized carbons (Fsp3) is 0.333. The number of aromatic nitrogens is 2. The van der Waals surface area contributed by atoms with Gasteiger partial charge in [0, 0.05) is 16.7 Å². The summed E-state index contributed by atoms with van der Waals surface area (Å²) in [5, 5.41) is 10.6. The van der Waals surface area contributed by atoms with Crippen LogP contribution in [0.3, 0.4) is 0 Å². The monoisotopic (exact) mass is 384 g/mol. The van der Waals surface area contributed by atoms with Crippen LogP contribution in [0.5, 0.6) is 0 Å². The molecule has 1 aromatic carbocycles. The molecule has 1 saturated heterocycles. The fourth-order valence-electron chi connectivity index (χ4n) is 2.41. The molecule has 1 amide bonds. The van der Waals surface area contributed by atoms with Crippen molar-refractivity contribution >= 4 is 34.2 Å². The van der Waals surface area contributed by atoms with Crippen molar-refractivity contribution < 1.29 is 4.79 Å². The second-order valence-corrected chi connectivity index (χ2v) is 6.06. The van der Waals surface area contributed by atoms with E-state index < -0.39 is 0 Å². The molecule has 7 heteroatoms. The summed E-state index contributed by atoms with van der Waals surface area (Å²) in [6, 6.07) is 8.06. The lowest BCUT2D eigenvalue weighted by Gasteiger charge is -2.23. The first-order valence-electron chi connectivity index (χ1n) is 7.04. The van der Waals surface area contributed by atoms with E-state index in [1.165, 1.54) is 0 Å². The maximum Gasteiger partial charge on any atom is 0.254 e. The predicted octanol–water partition coefficient (Wildman–Crippen LogP) is 2.54. The Bertz CT molecular complexity index is 623. The number of carbonyl (C=O) groups excluding carboxylic acids is 1. The minimum atomic E-state index is -0.0507. The van der Waals surface area contributed by atoms with Crippen molar-refractivity contribution in [2.45, 2.75) is 18.9 Å². The Morgan fingerprint density at radius 1 is 1.27 bits per heavy atom. The third-order valence-electron chi connectivity index (χ3n) is 3.61.